The molecule has 234 valence electrons. The van der Waals surface area contributed by atoms with Crippen LogP contribution in [0.15, 0.2) is 65.1 Å². The molecule has 2 heterocycles. The van der Waals surface area contributed by atoms with Gasteiger partial charge in [0.05, 0.1) is 50.0 Å². The summed E-state index contributed by atoms with van der Waals surface area (Å²) in [7, 11) is -2.29. The Morgan fingerprint density at radius 3 is 2.41 bits per heavy atom. The van der Waals surface area contributed by atoms with Crippen molar-refractivity contribution in [2.24, 2.45) is 0 Å². The molecular formula is C31H33FN2O9S. The molecule has 0 aliphatic carbocycles. The van der Waals surface area contributed by atoms with E-state index in [4.69, 9.17) is 23.7 Å². The molecule has 44 heavy (non-hydrogen) atoms. The minimum absolute atomic E-state index is 0.0218. The number of sulfonamides is 1. The van der Waals surface area contributed by atoms with Gasteiger partial charge in [0.15, 0.2) is 0 Å². The van der Waals surface area contributed by atoms with Crippen molar-refractivity contribution in [3.05, 3.63) is 77.6 Å². The Kier molecular flexibility index (Phi) is 9.23. The molecule has 1 aliphatic rings. The van der Waals surface area contributed by atoms with E-state index < -0.39 is 40.8 Å². The lowest BCUT2D eigenvalue weighted by molar-refractivity contribution is -0.0644. The number of halogens is 1. The van der Waals surface area contributed by atoms with Crippen LogP contribution in [0, 0.1) is 5.82 Å². The molecular weight excluding hydrogens is 595 g/mol. The van der Waals surface area contributed by atoms with Gasteiger partial charge < -0.3 is 34.2 Å². The van der Waals surface area contributed by atoms with Gasteiger partial charge in [-0.1, -0.05) is 0 Å². The van der Waals surface area contributed by atoms with Crippen LogP contribution in [-0.4, -0.2) is 76.4 Å². The molecule has 13 heteroatoms. The minimum atomic E-state index is -3.79. The smallest absolute Gasteiger partial charge is 0.255 e. The van der Waals surface area contributed by atoms with Crippen LogP contribution in [0.5, 0.6) is 11.5 Å². The summed E-state index contributed by atoms with van der Waals surface area (Å²) >= 11 is 0. The zero-order valence-electron chi connectivity index (χ0n) is 24.3. The van der Waals surface area contributed by atoms with Crippen LogP contribution in [0.25, 0.3) is 22.3 Å². The van der Waals surface area contributed by atoms with Gasteiger partial charge in [0, 0.05) is 29.6 Å². The van der Waals surface area contributed by atoms with E-state index >= 15 is 0 Å². The number of furan rings is 1. The van der Waals surface area contributed by atoms with Gasteiger partial charge in [-0.3, -0.25) is 9.10 Å². The average Bonchev–Trinajstić information content (AvgIpc) is 3.31. The molecule has 0 spiro atoms. The highest BCUT2D eigenvalue weighted by Crippen LogP contribution is 2.42. The normalized spacial score (nSPS) is 17.6. The highest BCUT2D eigenvalue weighted by Gasteiger charge is 2.34. The lowest BCUT2D eigenvalue weighted by Gasteiger charge is -2.25. The number of benzene rings is 3. The second-order valence-electron chi connectivity index (χ2n) is 10.4. The molecule has 3 atom stereocenters. The van der Waals surface area contributed by atoms with Crippen LogP contribution in [0.3, 0.4) is 0 Å². The Balaban J connectivity index is 1.53. The standard InChI is InChI=1S/C31H33FN2O9S/c1-18-25-12-26-28(13-27(25)34(44(3,38)39)14-24(41-18)17-40-16-21(36)15-35)43-30(29(26)31(37)33-2)19-4-8-22(9-5-19)42-23-10-6-20(32)7-11-23/h4-13,18,21,24,35-36H,14-17H2,1-3H3,(H,33,37)/t18-,21-,24-/m0/s1. The minimum Gasteiger partial charge on any atom is -0.457 e. The molecule has 0 radical (unpaired) electrons. The number of rotatable bonds is 10. The Morgan fingerprint density at radius 2 is 1.80 bits per heavy atom. The fraction of sp³-hybridized carbons (Fsp3) is 0.323. The zero-order valence-corrected chi connectivity index (χ0v) is 25.1. The Bertz CT molecular complexity index is 1740. The predicted molar refractivity (Wildman–Crippen MR) is 161 cm³/mol. The van der Waals surface area contributed by atoms with Crippen molar-refractivity contribution >= 4 is 32.6 Å². The first-order valence-electron chi connectivity index (χ1n) is 13.8. The van der Waals surface area contributed by atoms with Gasteiger partial charge in [-0.2, -0.15) is 0 Å². The number of carbonyl (C=O) groups is 1. The zero-order chi connectivity index (χ0) is 31.6. The van der Waals surface area contributed by atoms with E-state index in [9.17, 15) is 22.7 Å². The Morgan fingerprint density at radius 1 is 1.14 bits per heavy atom. The number of hydrogen-bond acceptors (Lipinski definition) is 9. The van der Waals surface area contributed by atoms with Gasteiger partial charge in [-0.05, 0) is 61.5 Å². The maximum Gasteiger partial charge on any atom is 0.255 e. The molecule has 0 saturated carbocycles. The lowest BCUT2D eigenvalue weighted by Crippen LogP contribution is -2.39. The third kappa shape index (κ3) is 6.71. The number of aliphatic hydroxyl groups is 2. The van der Waals surface area contributed by atoms with Crippen molar-refractivity contribution in [3.63, 3.8) is 0 Å². The monoisotopic (exact) mass is 628 g/mol. The van der Waals surface area contributed by atoms with E-state index in [0.717, 1.165) is 6.26 Å². The number of fused-ring (bicyclic) bond motifs is 2. The summed E-state index contributed by atoms with van der Waals surface area (Å²) in [6.07, 6.45) is -1.27. The van der Waals surface area contributed by atoms with Gasteiger partial charge in [0.1, 0.15) is 40.9 Å². The fourth-order valence-electron chi connectivity index (χ4n) is 5.04. The van der Waals surface area contributed by atoms with E-state index in [0.29, 0.717) is 39.3 Å². The van der Waals surface area contributed by atoms with Crippen molar-refractivity contribution in [3.8, 4) is 22.8 Å². The average molecular weight is 629 g/mol. The molecule has 1 aromatic heterocycles. The number of nitrogens with one attached hydrogen (secondary N) is 1. The van der Waals surface area contributed by atoms with Crippen LogP contribution < -0.4 is 14.4 Å². The number of ether oxygens (including phenoxy) is 3. The molecule has 4 aromatic rings. The van der Waals surface area contributed by atoms with Crippen molar-refractivity contribution in [1.29, 1.82) is 0 Å². The Hall–Kier alpha value is -4.01. The number of anilines is 1. The van der Waals surface area contributed by atoms with Crippen LogP contribution >= 0.6 is 0 Å². The fourth-order valence-corrected chi connectivity index (χ4v) is 5.99. The number of amides is 1. The molecule has 0 bridgehead atoms. The molecule has 0 fully saturated rings. The largest absolute Gasteiger partial charge is 0.457 e. The van der Waals surface area contributed by atoms with E-state index in [-0.39, 0.29) is 36.9 Å². The number of carbonyl (C=O) groups excluding carboxylic acids is 1. The highest BCUT2D eigenvalue weighted by molar-refractivity contribution is 7.92. The lowest BCUT2D eigenvalue weighted by atomic mass is 10.0. The van der Waals surface area contributed by atoms with Crippen LogP contribution in [0.1, 0.15) is 28.9 Å². The van der Waals surface area contributed by atoms with E-state index in [2.05, 4.69) is 5.32 Å². The molecule has 3 aromatic carbocycles. The summed E-state index contributed by atoms with van der Waals surface area (Å²) in [5.74, 6) is 0.450. The number of nitrogens with zero attached hydrogens (tertiary/aromatic N) is 1. The summed E-state index contributed by atoms with van der Waals surface area (Å²) < 4.78 is 64.1. The number of hydrogen-bond donors (Lipinski definition) is 3. The molecule has 1 aliphatic heterocycles. The van der Waals surface area contributed by atoms with E-state index in [1.54, 1.807) is 43.3 Å². The second kappa shape index (κ2) is 12.9. The van der Waals surface area contributed by atoms with Crippen molar-refractivity contribution in [1.82, 2.24) is 5.32 Å². The van der Waals surface area contributed by atoms with Crippen LogP contribution in [-0.2, 0) is 19.5 Å². The maximum atomic E-state index is 13.2. The molecule has 0 saturated heterocycles. The molecule has 5 rings (SSSR count). The predicted octanol–water partition coefficient (Wildman–Crippen LogP) is 3.99. The van der Waals surface area contributed by atoms with Crippen molar-refractivity contribution in [2.45, 2.75) is 25.2 Å². The first-order valence-corrected chi connectivity index (χ1v) is 15.7. The quantitative estimate of drug-likeness (QED) is 0.237. The molecule has 1 amide bonds. The first-order chi connectivity index (χ1) is 21.0. The molecule has 11 nitrogen and oxygen atoms in total. The van der Waals surface area contributed by atoms with Crippen molar-refractivity contribution < 1.29 is 46.4 Å². The second-order valence-corrected chi connectivity index (χ2v) is 12.3. The summed E-state index contributed by atoms with van der Waals surface area (Å²) in [4.78, 5) is 13.2. The van der Waals surface area contributed by atoms with Gasteiger partial charge in [-0.25, -0.2) is 12.8 Å². The van der Waals surface area contributed by atoms with Gasteiger partial charge in [0.25, 0.3) is 5.91 Å². The topological polar surface area (TPSA) is 148 Å². The number of aliphatic hydroxyl groups excluding tert-OH is 2. The van der Waals surface area contributed by atoms with Crippen molar-refractivity contribution in [2.75, 3.05) is 44.0 Å². The molecule has 0 unspecified atom stereocenters. The summed E-state index contributed by atoms with van der Waals surface area (Å²) in [5, 5.41) is 21.8. The van der Waals surface area contributed by atoms with Crippen LogP contribution in [0.2, 0.25) is 0 Å². The third-order valence-corrected chi connectivity index (χ3v) is 8.30. The summed E-state index contributed by atoms with van der Waals surface area (Å²) in [6.45, 7) is 1.08. The van der Waals surface area contributed by atoms with E-state index in [1.807, 2.05) is 0 Å². The van der Waals surface area contributed by atoms with Gasteiger partial charge in [-0.15, -0.1) is 0 Å². The summed E-state index contributed by atoms with van der Waals surface area (Å²) in [6, 6.07) is 15.7. The van der Waals surface area contributed by atoms with Gasteiger partial charge >= 0.3 is 0 Å². The molecule has 3 N–H and O–H groups in total. The maximum absolute atomic E-state index is 13.2. The third-order valence-electron chi connectivity index (χ3n) is 7.16. The van der Waals surface area contributed by atoms with E-state index in [1.165, 1.54) is 35.6 Å². The first kappa shape index (κ1) is 31.4. The Labute approximate surface area is 253 Å². The SMILES string of the molecule is CNC(=O)c1c(-c2ccc(Oc3ccc(F)cc3)cc2)oc2cc3c(cc12)[C@H](C)O[C@H](COC[C@@H](O)CO)CN3S(C)(=O)=O. The highest BCUT2D eigenvalue weighted by atomic mass is 32.2. The summed E-state index contributed by atoms with van der Waals surface area (Å²) in [5.41, 5.74) is 2.01. The van der Waals surface area contributed by atoms with Gasteiger partial charge in [0.2, 0.25) is 10.0 Å². The van der Waals surface area contributed by atoms with Crippen LogP contribution in [0.4, 0.5) is 10.1 Å².